The lowest BCUT2D eigenvalue weighted by molar-refractivity contribution is -0.133. The van der Waals surface area contributed by atoms with Crippen LogP contribution < -0.4 is 5.32 Å². The smallest absolute Gasteiger partial charge is 0.222 e. The van der Waals surface area contributed by atoms with Gasteiger partial charge in [-0.15, -0.1) is 0 Å². The molecule has 0 aromatic carbocycles. The Morgan fingerprint density at radius 2 is 2.29 bits per heavy atom. The number of hydrogen-bond donors (Lipinski definition) is 1. The largest absolute Gasteiger partial charge is 0.343 e. The Kier molecular flexibility index (Phi) is 4.94. The van der Waals surface area contributed by atoms with Crippen LogP contribution in [0, 0.1) is 0 Å². The SMILES string of the molecule is CC(C)NCCCN1CCCCC1=O.[HH]. The fraction of sp³-hybridized carbons (Fsp3) is 0.909. The summed E-state index contributed by atoms with van der Waals surface area (Å²) in [5.41, 5.74) is 0. The molecule has 3 nitrogen and oxygen atoms in total. The molecule has 84 valence electrons. The summed E-state index contributed by atoms with van der Waals surface area (Å²) >= 11 is 0. The molecule has 0 aromatic heterocycles. The van der Waals surface area contributed by atoms with Crippen LogP contribution in [0.15, 0.2) is 0 Å². The first-order valence-electron chi connectivity index (χ1n) is 5.71. The van der Waals surface area contributed by atoms with Gasteiger partial charge < -0.3 is 10.2 Å². The van der Waals surface area contributed by atoms with E-state index in [-0.39, 0.29) is 1.43 Å². The molecular formula is C11H24N2O. The lowest BCUT2D eigenvalue weighted by atomic mass is 10.1. The van der Waals surface area contributed by atoms with Crippen LogP contribution in [0.3, 0.4) is 0 Å². The predicted molar refractivity (Wildman–Crippen MR) is 60.3 cm³/mol. The first kappa shape index (κ1) is 11.5. The molecule has 0 aliphatic carbocycles. The van der Waals surface area contributed by atoms with E-state index in [1.807, 2.05) is 4.90 Å². The molecule has 1 saturated heterocycles. The van der Waals surface area contributed by atoms with E-state index in [1.165, 1.54) is 6.42 Å². The Labute approximate surface area is 88.3 Å². The van der Waals surface area contributed by atoms with Crippen molar-refractivity contribution in [2.45, 2.75) is 45.6 Å². The highest BCUT2D eigenvalue weighted by molar-refractivity contribution is 5.76. The van der Waals surface area contributed by atoms with Crippen LogP contribution >= 0.6 is 0 Å². The van der Waals surface area contributed by atoms with Crippen LogP contribution in [0.4, 0.5) is 0 Å². The van der Waals surface area contributed by atoms with E-state index in [9.17, 15) is 4.79 Å². The van der Waals surface area contributed by atoms with E-state index in [2.05, 4.69) is 19.2 Å². The summed E-state index contributed by atoms with van der Waals surface area (Å²) in [5, 5.41) is 3.36. The normalized spacial score (nSPS) is 17.9. The summed E-state index contributed by atoms with van der Waals surface area (Å²) < 4.78 is 0. The molecule has 1 aliphatic rings. The van der Waals surface area contributed by atoms with Crippen LogP contribution in [-0.4, -0.2) is 36.5 Å². The Hall–Kier alpha value is -0.570. The van der Waals surface area contributed by atoms with Crippen LogP contribution in [0.5, 0.6) is 0 Å². The fourth-order valence-corrected chi connectivity index (χ4v) is 1.76. The summed E-state index contributed by atoms with van der Waals surface area (Å²) in [4.78, 5) is 13.4. The molecule has 1 rings (SSSR count). The number of rotatable bonds is 5. The van der Waals surface area contributed by atoms with E-state index in [0.29, 0.717) is 11.9 Å². The zero-order valence-corrected chi connectivity index (χ0v) is 9.38. The molecular weight excluding hydrogens is 176 g/mol. The lowest BCUT2D eigenvalue weighted by Gasteiger charge is -2.26. The first-order valence-corrected chi connectivity index (χ1v) is 5.71. The van der Waals surface area contributed by atoms with Gasteiger partial charge in [0.1, 0.15) is 0 Å². The van der Waals surface area contributed by atoms with Gasteiger partial charge in [0.05, 0.1) is 0 Å². The van der Waals surface area contributed by atoms with Crippen molar-refractivity contribution in [1.82, 2.24) is 10.2 Å². The van der Waals surface area contributed by atoms with Crippen molar-refractivity contribution in [3.63, 3.8) is 0 Å². The maximum absolute atomic E-state index is 11.4. The average molecular weight is 200 g/mol. The van der Waals surface area contributed by atoms with E-state index in [4.69, 9.17) is 0 Å². The Morgan fingerprint density at radius 3 is 2.93 bits per heavy atom. The van der Waals surface area contributed by atoms with Crippen LogP contribution in [-0.2, 0) is 4.79 Å². The third-order valence-corrected chi connectivity index (χ3v) is 2.58. The molecule has 0 aromatic rings. The molecule has 1 heterocycles. The van der Waals surface area contributed by atoms with Gasteiger partial charge in [-0.1, -0.05) is 13.8 Å². The van der Waals surface area contributed by atoms with Gasteiger partial charge in [0, 0.05) is 27.0 Å². The van der Waals surface area contributed by atoms with Gasteiger partial charge >= 0.3 is 0 Å². The van der Waals surface area contributed by atoms with Crippen molar-refractivity contribution in [2.75, 3.05) is 19.6 Å². The van der Waals surface area contributed by atoms with Crippen LogP contribution in [0.2, 0.25) is 0 Å². The third-order valence-electron chi connectivity index (χ3n) is 2.58. The van der Waals surface area contributed by atoms with Crippen molar-refractivity contribution in [3.8, 4) is 0 Å². The quantitative estimate of drug-likeness (QED) is 0.684. The van der Waals surface area contributed by atoms with Crippen molar-refractivity contribution >= 4 is 5.91 Å². The average Bonchev–Trinajstić information content (AvgIpc) is 2.15. The van der Waals surface area contributed by atoms with Gasteiger partial charge in [0.25, 0.3) is 0 Å². The van der Waals surface area contributed by atoms with E-state index in [0.717, 1.165) is 38.9 Å². The summed E-state index contributed by atoms with van der Waals surface area (Å²) in [6.45, 7) is 7.21. The number of carbonyl (C=O) groups excluding carboxylic acids is 1. The van der Waals surface area contributed by atoms with Gasteiger partial charge in [-0.3, -0.25) is 4.79 Å². The molecule has 3 heteroatoms. The Morgan fingerprint density at radius 1 is 1.50 bits per heavy atom. The molecule has 0 saturated carbocycles. The minimum Gasteiger partial charge on any atom is -0.343 e. The summed E-state index contributed by atoms with van der Waals surface area (Å²) in [6, 6.07) is 0.548. The minimum atomic E-state index is 0. The van der Waals surface area contributed by atoms with Crippen molar-refractivity contribution < 1.29 is 6.22 Å². The summed E-state index contributed by atoms with van der Waals surface area (Å²) in [6.07, 6.45) is 4.10. The predicted octanol–water partition coefficient (Wildman–Crippen LogP) is 1.63. The molecule has 0 bridgehead atoms. The number of hydrogen-bond acceptors (Lipinski definition) is 2. The van der Waals surface area contributed by atoms with Crippen LogP contribution in [0.25, 0.3) is 0 Å². The van der Waals surface area contributed by atoms with Crippen molar-refractivity contribution in [3.05, 3.63) is 0 Å². The minimum absolute atomic E-state index is 0. The molecule has 0 spiro atoms. The lowest BCUT2D eigenvalue weighted by Crippen LogP contribution is -2.37. The monoisotopic (exact) mass is 200 g/mol. The maximum atomic E-state index is 11.4. The zero-order valence-electron chi connectivity index (χ0n) is 9.38. The summed E-state index contributed by atoms with van der Waals surface area (Å²) in [7, 11) is 0. The second-order valence-corrected chi connectivity index (χ2v) is 4.30. The Balaban J connectivity index is 0.00000196. The second-order valence-electron chi connectivity index (χ2n) is 4.30. The van der Waals surface area contributed by atoms with Gasteiger partial charge in [-0.25, -0.2) is 0 Å². The molecule has 0 radical (unpaired) electrons. The van der Waals surface area contributed by atoms with Gasteiger partial charge in [0.15, 0.2) is 0 Å². The zero-order chi connectivity index (χ0) is 10.4. The second kappa shape index (κ2) is 6.02. The molecule has 1 fully saturated rings. The highest BCUT2D eigenvalue weighted by atomic mass is 16.2. The van der Waals surface area contributed by atoms with Crippen LogP contribution in [0.1, 0.15) is 41.0 Å². The standard InChI is InChI=1S/C11H22N2O.H2/c1-10(2)12-7-5-9-13-8-4-3-6-11(13)14;/h10,12H,3-9H2,1-2H3;1H. The maximum Gasteiger partial charge on any atom is 0.222 e. The first-order chi connectivity index (χ1) is 6.70. The molecule has 1 amide bonds. The number of amides is 1. The van der Waals surface area contributed by atoms with Gasteiger partial charge in [-0.05, 0) is 25.8 Å². The van der Waals surface area contributed by atoms with E-state index in [1.54, 1.807) is 0 Å². The molecule has 0 unspecified atom stereocenters. The summed E-state index contributed by atoms with van der Waals surface area (Å²) in [5.74, 6) is 0.348. The Bertz CT molecular complexity index is 185. The number of piperidine rings is 1. The molecule has 1 N–H and O–H groups in total. The number of likely N-dealkylation sites (tertiary alicyclic amines) is 1. The molecule has 14 heavy (non-hydrogen) atoms. The molecule has 0 atom stereocenters. The highest BCUT2D eigenvalue weighted by Gasteiger charge is 2.16. The van der Waals surface area contributed by atoms with E-state index < -0.39 is 0 Å². The third kappa shape index (κ3) is 4.09. The fourth-order valence-electron chi connectivity index (χ4n) is 1.76. The van der Waals surface area contributed by atoms with Gasteiger partial charge in [0.2, 0.25) is 5.91 Å². The van der Waals surface area contributed by atoms with Gasteiger partial charge in [-0.2, -0.15) is 0 Å². The molecule has 1 aliphatic heterocycles. The van der Waals surface area contributed by atoms with Crippen molar-refractivity contribution in [1.29, 1.82) is 0 Å². The van der Waals surface area contributed by atoms with E-state index >= 15 is 0 Å². The number of carbonyl (C=O) groups is 1. The number of nitrogens with one attached hydrogen (secondary N) is 1. The number of nitrogens with zero attached hydrogens (tertiary/aromatic N) is 1. The van der Waals surface area contributed by atoms with Crippen molar-refractivity contribution in [2.24, 2.45) is 0 Å². The highest BCUT2D eigenvalue weighted by Crippen LogP contribution is 2.10. The topological polar surface area (TPSA) is 32.3 Å².